The van der Waals surface area contributed by atoms with E-state index in [1.807, 2.05) is 4.90 Å². The van der Waals surface area contributed by atoms with Crippen molar-refractivity contribution in [1.29, 1.82) is 5.26 Å². The predicted octanol–water partition coefficient (Wildman–Crippen LogP) is 2.44. The standard InChI is InChI=1S/C21H24N4O5/c1-27-16-10-13(11-17(28-2)19(16)29-3)4-5-18-24-15(12-22)21(30-18)25-8-6-14(7-9-25)20(23)26/h4-5,10-11,14H,6-9H2,1-3H3,(H2,23,26)/b5-4+. The fourth-order valence-electron chi connectivity index (χ4n) is 3.42. The highest BCUT2D eigenvalue weighted by Crippen LogP contribution is 2.38. The SMILES string of the molecule is COc1cc(/C=C/c2nc(C#N)c(N3CCC(C(N)=O)CC3)o2)cc(OC)c1OC. The summed E-state index contributed by atoms with van der Waals surface area (Å²) in [5, 5.41) is 9.44. The number of carbonyl (C=O) groups is 1. The number of hydrogen-bond donors (Lipinski definition) is 1. The molecule has 0 radical (unpaired) electrons. The predicted molar refractivity (Wildman–Crippen MR) is 110 cm³/mol. The van der Waals surface area contributed by atoms with E-state index in [4.69, 9.17) is 24.4 Å². The van der Waals surface area contributed by atoms with Crippen molar-refractivity contribution in [3.8, 4) is 23.3 Å². The van der Waals surface area contributed by atoms with Gasteiger partial charge in [0, 0.05) is 25.1 Å². The molecule has 9 nitrogen and oxygen atoms in total. The molecule has 0 aliphatic carbocycles. The number of primary amides is 1. The van der Waals surface area contributed by atoms with Crippen LogP contribution in [0.15, 0.2) is 16.5 Å². The summed E-state index contributed by atoms with van der Waals surface area (Å²) in [6.07, 6.45) is 4.69. The van der Waals surface area contributed by atoms with E-state index in [2.05, 4.69) is 11.1 Å². The molecule has 1 aliphatic heterocycles. The van der Waals surface area contributed by atoms with Gasteiger partial charge < -0.3 is 29.3 Å². The number of benzene rings is 1. The second-order valence-corrected chi connectivity index (χ2v) is 6.77. The summed E-state index contributed by atoms with van der Waals surface area (Å²) in [5.41, 5.74) is 6.37. The molecule has 2 heterocycles. The van der Waals surface area contributed by atoms with Crippen LogP contribution in [0.3, 0.4) is 0 Å². The van der Waals surface area contributed by atoms with E-state index in [1.165, 1.54) is 0 Å². The van der Waals surface area contributed by atoms with Crippen molar-refractivity contribution in [2.45, 2.75) is 12.8 Å². The van der Waals surface area contributed by atoms with Crippen molar-refractivity contribution in [3.63, 3.8) is 0 Å². The summed E-state index contributed by atoms with van der Waals surface area (Å²) in [4.78, 5) is 17.5. The Morgan fingerprint density at radius 3 is 2.33 bits per heavy atom. The zero-order valence-corrected chi connectivity index (χ0v) is 17.2. The average molecular weight is 412 g/mol. The number of carbonyl (C=O) groups excluding carboxylic acids is 1. The number of nitrogens with two attached hydrogens (primary N) is 1. The largest absolute Gasteiger partial charge is 0.493 e. The number of piperidine rings is 1. The second-order valence-electron chi connectivity index (χ2n) is 6.77. The van der Waals surface area contributed by atoms with Crippen LogP contribution >= 0.6 is 0 Å². The molecule has 1 saturated heterocycles. The van der Waals surface area contributed by atoms with Gasteiger partial charge in [-0.05, 0) is 36.6 Å². The number of rotatable bonds is 7. The molecule has 0 atom stereocenters. The van der Waals surface area contributed by atoms with Crippen molar-refractivity contribution in [3.05, 3.63) is 29.3 Å². The molecule has 1 aromatic carbocycles. The molecule has 2 N–H and O–H groups in total. The van der Waals surface area contributed by atoms with Crippen LogP contribution in [0.4, 0.5) is 5.88 Å². The van der Waals surface area contributed by atoms with E-state index in [0.717, 1.165) is 5.56 Å². The molecule has 30 heavy (non-hydrogen) atoms. The zero-order chi connectivity index (χ0) is 21.7. The number of amides is 1. The third kappa shape index (κ3) is 4.33. The van der Waals surface area contributed by atoms with Gasteiger partial charge in [-0.15, -0.1) is 0 Å². The van der Waals surface area contributed by atoms with Crippen LogP contribution in [0.1, 0.15) is 30.0 Å². The number of nitrogens with zero attached hydrogens (tertiary/aromatic N) is 3. The maximum atomic E-state index is 11.4. The van der Waals surface area contributed by atoms with Crippen molar-refractivity contribution in [2.24, 2.45) is 11.7 Å². The normalized spacial score (nSPS) is 14.5. The van der Waals surface area contributed by atoms with Crippen molar-refractivity contribution < 1.29 is 23.4 Å². The van der Waals surface area contributed by atoms with Gasteiger partial charge in [0.15, 0.2) is 11.5 Å². The molecular formula is C21H24N4O5. The number of oxazole rings is 1. The minimum atomic E-state index is -0.290. The monoisotopic (exact) mass is 412 g/mol. The molecular weight excluding hydrogens is 388 g/mol. The molecule has 0 unspecified atom stereocenters. The van der Waals surface area contributed by atoms with Gasteiger partial charge in [-0.25, -0.2) is 0 Å². The molecule has 0 bridgehead atoms. The second kappa shape index (κ2) is 9.22. The molecule has 0 spiro atoms. The van der Waals surface area contributed by atoms with E-state index in [-0.39, 0.29) is 17.5 Å². The lowest BCUT2D eigenvalue weighted by atomic mass is 9.96. The number of methoxy groups -OCH3 is 3. The molecule has 3 rings (SSSR count). The molecule has 1 aliphatic rings. The lowest BCUT2D eigenvalue weighted by molar-refractivity contribution is -0.122. The van der Waals surface area contributed by atoms with E-state index >= 15 is 0 Å². The Balaban J connectivity index is 1.82. The Kier molecular flexibility index (Phi) is 6.47. The maximum Gasteiger partial charge on any atom is 0.235 e. The number of nitriles is 1. The highest BCUT2D eigenvalue weighted by molar-refractivity contribution is 5.77. The summed E-state index contributed by atoms with van der Waals surface area (Å²) in [6.45, 7) is 1.15. The number of hydrogen-bond acceptors (Lipinski definition) is 8. The average Bonchev–Trinajstić information content (AvgIpc) is 3.20. The highest BCUT2D eigenvalue weighted by Gasteiger charge is 2.27. The van der Waals surface area contributed by atoms with Gasteiger partial charge in [-0.1, -0.05) is 0 Å². The first-order valence-electron chi connectivity index (χ1n) is 9.44. The van der Waals surface area contributed by atoms with Crippen LogP contribution in [0, 0.1) is 17.2 Å². The van der Waals surface area contributed by atoms with Gasteiger partial charge in [-0.2, -0.15) is 10.2 Å². The Hall–Kier alpha value is -3.67. The summed E-state index contributed by atoms with van der Waals surface area (Å²) in [6, 6.07) is 5.65. The fourth-order valence-corrected chi connectivity index (χ4v) is 3.42. The Morgan fingerprint density at radius 2 is 1.83 bits per heavy atom. The van der Waals surface area contributed by atoms with Crippen molar-refractivity contribution in [2.75, 3.05) is 39.3 Å². The first kappa shape index (κ1) is 21.0. The molecule has 1 amide bonds. The van der Waals surface area contributed by atoms with Gasteiger partial charge >= 0.3 is 0 Å². The molecule has 1 aromatic heterocycles. The van der Waals surface area contributed by atoms with Crippen LogP contribution in [0.5, 0.6) is 17.2 Å². The van der Waals surface area contributed by atoms with Crippen LogP contribution in [0.25, 0.3) is 12.2 Å². The summed E-state index contributed by atoms with van der Waals surface area (Å²) >= 11 is 0. The van der Waals surface area contributed by atoms with Crippen LogP contribution in [0.2, 0.25) is 0 Å². The molecule has 158 valence electrons. The van der Waals surface area contributed by atoms with Crippen LogP contribution in [-0.2, 0) is 4.79 Å². The number of anilines is 1. The lowest BCUT2D eigenvalue weighted by Crippen LogP contribution is -2.38. The van der Waals surface area contributed by atoms with Crippen molar-refractivity contribution >= 4 is 23.9 Å². The Labute approximate surface area is 174 Å². The minimum Gasteiger partial charge on any atom is -0.493 e. The Bertz CT molecular complexity index is 959. The quantitative estimate of drug-likeness (QED) is 0.735. The van der Waals surface area contributed by atoms with E-state index in [1.54, 1.807) is 45.6 Å². The summed E-state index contributed by atoms with van der Waals surface area (Å²) < 4.78 is 21.9. The number of aromatic nitrogens is 1. The highest BCUT2D eigenvalue weighted by atomic mass is 16.5. The molecule has 1 fully saturated rings. The van der Waals surface area contributed by atoms with E-state index < -0.39 is 0 Å². The van der Waals surface area contributed by atoms with Gasteiger partial charge in [-0.3, -0.25) is 4.79 Å². The topological polar surface area (TPSA) is 124 Å². The van der Waals surface area contributed by atoms with Gasteiger partial charge in [0.05, 0.1) is 21.3 Å². The third-order valence-electron chi connectivity index (χ3n) is 5.02. The summed E-state index contributed by atoms with van der Waals surface area (Å²) in [7, 11) is 4.64. The number of ether oxygens (including phenoxy) is 3. The summed E-state index contributed by atoms with van der Waals surface area (Å²) in [5.74, 6) is 1.83. The first-order chi connectivity index (χ1) is 14.5. The lowest BCUT2D eigenvalue weighted by Gasteiger charge is -2.30. The third-order valence-corrected chi connectivity index (χ3v) is 5.02. The first-order valence-corrected chi connectivity index (χ1v) is 9.44. The molecule has 0 saturated carbocycles. The van der Waals surface area contributed by atoms with Gasteiger partial charge in [0.2, 0.25) is 29.1 Å². The minimum absolute atomic E-state index is 0.144. The van der Waals surface area contributed by atoms with E-state index in [9.17, 15) is 10.1 Å². The van der Waals surface area contributed by atoms with Gasteiger partial charge in [0.25, 0.3) is 0 Å². The van der Waals surface area contributed by atoms with Crippen molar-refractivity contribution in [1.82, 2.24) is 4.98 Å². The molecule has 2 aromatic rings. The smallest absolute Gasteiger partial charge is 0.235 e. The van der Waals surface area contributed by atoms with Crippen LogP contribution < -0.4 is 24.8 Å². The van der Waals surface area contributed by atoms with Crippen LogP contribution in [-0.4, -0.2) is 45.3 Å². The molecule has 9 heteroatoms. The Morgan fingerprint density at radius 1 is 1.20 bits per heavy atom. The fraction of sp³-hybridized carbons (Fsp3) is 0.381. The van der Waals surface area contributed by atoms with E-state index in [0.29, 0.717) is 55.0 Å². The van der Waals surface area contributed by atoms with Gasteiger partial charge in [0.1, 0.15) is 6.07 Å². The zero-order valence-electron chi connectivity index (χ0n) is 17.2. The maximum absolute atomic E-state index is 11.4.